The van der Waals surface area contributed by atoms with E-state index in [1.165, 1.54) is 5.56 Å². The van der Waals surface area contributed by atoms with Gasteiger partial charge in [-0.2, -0.15) is 0 Å². The fourth-order valence-electron chi connectivity index (χ4n) is 3.24. The topological polar surface area (TPSA) is 54.0 Å². The molecule has 0 aliphatic heterocycles. The van der Waals surface area contributed by atoms with Crippen LogP contribution in [0.1, 0.15) is 36.7 Å². The highest BCUT2D eigenvalue weighted by molar-refractivity contribution is 9.10. The minimum absolute atomic E-state index is 0.0322. The van der Waals surface area contributed by atoms with Crippen molar-refractivity contribution in [1.82, 2.24) is 10.3 Å². The Hall–Kier alpha value is -2.61. The molecule has 0 bridgehead atoms. The summed E-state index contributed by atoms with van der Waals surface area (Å²) in [7, 11) is 0. The summed E-state index contributed by atoms with van der Waals surface area (Å²) < 4.78 is 2.05. The molecular formula is C25H22BrN3OS2. The normalized spacial score (nSPS) is 11.4. The Bertz CT molecular complexity index is 1270. The molecule has 3 aromatic carbocycles. The van der Waals surface area contributed by atoms with E-state index in [0.717, 1.165) is 30.9 Å². The zero-order valence-electron chi connectivity index (χ0n) is 17.9. The van der Waals surface area contributed by atoms with Gasteiger partial charge in [-0.1, -0.05) is 61.0 Å². The van der Waals surface area contributed by atoms with E-state index in [1.807, 2.05) is 60.7 Å². The number of rotatable bonds is 3. The summed E-state index contributed by atoms with van der Waals surface area (Å²) in [5.41, 5.74) is 4.40. The van der Waals surface area contributed by atoms with Gasteiger partial charge in [0.1, 0.15) is 5.01 Å². The average Bonchev–Trinajstić information content (AvgIpc) is 3.18. The number of nitrogens with zero attached hydrogens (tertiary/aromatic N) is 1. The Morgan fingerprint density at radius 2 is 1.75 bits per heavy atom. The number of carbonyl (C=O) groups excluding carboxylic acids is 1. The fraction of sp³-hybridized carbons (Fsp3) is 0.160. The SMILES string of the molecule is CC(C)(C)c1ccc(C(=O)NC(=S)Nc2ccc(Br)cc2-c2nc3ccccc3s2)cc1. The van der Waals surface area contributed by atoms with Crippen molar-refractivity contribution in [3.8, 4) is 10.6 Å². The smallest absolute Gasteiger partial charge is 0.257 e. The third kappa shape index (κ3) is 5.06. The minimum atomic E-state index is -0.249. The monoisotopic (exact) mass is 523 g/mol. The average molecular weight is 525 g/mol. The molecule has 0 aliphatic rings. The van der Waals surface area contributed by atoms with E-state index >= 15 is 0 Å². The molecule has 0 saturated heterocycles. The van der Waals surface area contributed by atoms with Crippen LogP contribution in [0.25, 0.3) is 20.8 Å². The van der Waals surface area contributed by atoms with Gasteiger partial charge in [-0.3, -0.25) is 10.1 Å². The van der Waals surface area contributed by atoms with Gasteiger partial charge in [-0.05, 0) is 65.7 Å². The number of thiocarbonyl (C=S) groups is 1. The second kappa shape index (κ2) is 9.10. The number of anilines is 1. The lowest BCUT2D eigenvalue weighted by Gasteiger charge is -2.19. The predicted octanol–water partition coefficient (Wildman–Crippen LogP) is 7.15. The Morgan fingerprint density at radius 1 is 1.03 bits per heavy atom. The molecule has 1 aromatic heterocycles. The molecular weight excluding hydrogens is 502 g/mol. The van der Waals surface area contributed by atoms with Crippen LogP contribution in [0.15, 0.2) is 71.2 Å². The van der Waals surface area contributed by atoms with Gasteiger partial charge in [0.25, 0.3) is 5.91 Å². The maximum absolute atomic E-state index is 12.7. The number of aromatic nitrogens is 1. The number of hydrogen-bond donors (Lipinski definition) is 2. The van der Waals surface area contributed by atoms with Crippen LogP contribution in [0.5, 0.6) is 0 Å². The second-order valence-corrected chi connectivity index (χ2v) is 10.8. The number of hydrogen-bond acceptors (Lipinski definition) is 4. The van der Waals surface area contributed by atoms with Gasteiger partial charge in [0.2, 0.25) is 0 Å². The predicted molar refractivity (Wildman–Crippen MR) is 142 cm³/mol. The van der Waals surface area contributed by atoms with Gasteiger partial charge in [0.15, 0.2) is 5.11 Å². The standard InChI is InChI=1S/C25H22BrN3OS2/c1-25(2,3)16-10-8-15(9-11-16)22(30)29-24(31)28-19-13-12-17(26)14-18(19)23-27-20-6-4-5-7-21(20)32-23/h4-14H,1-3H3,(H2,28,29,30,31). The molecule has 0 radical (unpaired) electrons. The molecule has 0 unspecified atom stereocenters. The molecule has 4 nitrogen and oxygen atoms in total. The van der Waals surface area contributed by atoms with Crippen molar-refractivity contribution in [3.63, 3.8) is 0 Å². The summed E-state index contributed by atoms with van der Waals surface area (Å²) in [6.45, 7) is 6.42. The highest BCUT2D eigenvalue weighted by atomic mass is 79.9. The van der Waals surface area contributed by atoms with Gasteiger partial charge in [-0.25, -0.2) is 4.98 Å². The largest absolute Gasteiger partial charge is 0.332 e. The quantitative estimate of drug-likeness (QED) is 0.280. The number of amides is 1. The summed E-state index contributed by atoms with van der Waals surface area (Å²) in [6.07, 6.45) is 0. The molecule has 32 heavy (non-hydrogen) atoms. The highest BCUT2D eigenvalue weighted by Gasteiger charge is 2.16. The van der Waals surface area contributed by atoms with Gasteiger partial charge in [0.05, 0.1) is 15.9 Å². The molecule has 1 heterocycles. The first kappa shape index (κ1) is 22.6. The van der Waals surface area contributed by atoms with Gasteiger partial charge in [0, 0.05) is 15.6 Å². The summed E-state index contributed by atoms with van der Waals surface area (Å²) >= 11 is 10.6. The number of carbonyl (C=O) groups is 1. The summed E-state index contributed by atoms with van der Waals surface area (Å²) in [4.78, 5) is 17.4. The van der Waals surface area contributed by atoms with Crippen LogP contribution in [0.4, 0.5) is 5.69 Å². The van der Waals surface area contributed by atoms with Crippen molar-refractivity contribution < 1.29 is 4.79 Å². The van der Waals surface area contributed by atoms with Crippen LogP contribution in [0.2, 0.25) is 0 Å². The molecule has 7 heteroatoms. The van der Waals surface area contributed by atoms with Crippen LogP contribution >= 0.6 is 39.5 Å². The Labute approximate surface area is 205 Å². The summed E-state index contributed by atoms with van der Waals surface area (Å²) in [5, 5.41) is 7.05. The van der Waals surface area contributed by atoms with Gasteiger partial charge < -0.3 is 5.32 Å². The lowest BCUT2D eigenvalue weighted by Crippen LogP contribution is -2.34. The number of nitrogens with one attached hydrogen (secondary N) is 2. The van der Waals surface area contributed by atoms with Crippen molar-refractivity contribution in [1.29, 1.82) is 0 Å². The third-order valence-electron chi connectivity index (χ3n) is 4.99. The van der Waals surface area contributed by atoms with Crippen molar-refractivity contribution in [2.75, 3.05) is 5.32 Å². The van der Waals surface area contributed by atoms with Crippen molar-refractivity contribution in [2.24, 2.45) is 0 Å². The Balaban J connectivity index is 1.53. The number of para-hydroxylation sites is 1. The minimum Gasteiger partial charge on any atom is -0.332 e. The fourth-order valence-corrected chi connectivity index (χ4v) is 4.80. The number of halogens is 1. The molecule has 162 valence electrons. The zero-order valence-corrected chi connectivity index (χ0v) is 21.1. The van der Waals surface area contributed by atoms with E-state index in [2.05, 4.69) is 53.4 Å². The maximum Gasteiger partial charge on any atom is 0.257 e. The van der Waals surface area contributed by atoms with E-state index in [-0.39, 0.29) is 16.4 Å². The first-order valence-electron chi connectivity index (χ1n) is 10.1. The van der Waals surface area contributed by atoms with E-state index in [4.69, 9.17) is 17.2 Å². The van der Waals surface area contributed by atoms with Crippen LogP contribution in [0.3, 0.4) is 0 Å². The molecule has 0 spiro atoms. The van der Waals surface area contributed by atoms with Crippen LogP contribution in [-0.2, 0) is 5.41 Å². The maximum atomic E-state index is 12.7. The van der Waals surface area contributed by atoms with Crippen LogP contribution in [-0.4, -0.2) is 16.0 Å². The molecule has 4 aromatic rings. The number of thiazole rings is 1. The molecule has 1 amide bonds. The third-order valence-corrected chi connectivity index (χ3v) is 6.76. The number of fused-ring (bicyclic) bond motifs is 1. The molecule has 0 atom stereocenters. The molecule has 2 N–H and O–H groups in total. The van der Waals surface area contributed by atoms with E-state index in [9.17, 15) is 4.79 Å². The second-order valence-electron chi connectivity index (χ2n) is 8.41. The van der Waals surface area contributed by atoms with Crippen molar-refractivity contribution in [2.45, 2.75) is 26.2 Å². The molecule has 0 fully saturated rings. The number of benzene rings is 3. The van der Waals surface area contributed by atoms with Crippen LogP contribution in [0, 0.1) is 0 Å². The van der Waals surface area contributed by atoms with Gasteiger partial charge in [-0.15, -0.1) is 11.3 Å². The first-order valence-corrected chi connectivity index (χ1v) is 12.1. The Kier molecular flexibility index (Phi) is 6.42. The lowest BCUT2D eigenvalue weighted by molar-refractivity contribution is 0.0977. The zero-order chi connectivity index (χ0) is 22.9. The molecule has 0 aliphatic carbocycles. The van der Waals surface area contributed by atoms with Crippen molar-refractivity contribution >= 4 is 66.4 Å². The van der Waals surface area contributed by atoms with E-state index in [0.29, 0.717) is 5.56 Å². The van der Waals surface area contributed by atoms with E-state index in [1.54, 1.807) is 11.3 Å². The Morgan fingerprint density at radius 3 is 2.44 bits per heavy atom. The highest BCUT2D eigenvalue weighted by Crippen LogP contribution is 2.36. The molecule has 4 rings (SSSR count). The van der Waals surface area contributed by atoms with Gasteiger partial charge >= 0.3 is 0 Å². The summed E-state index contributed by atoms with van der Waals surface area (Å²) in [6, 6.07) is 21.5. The van der Waals surface area contributed by atoms with E-state index < -0.39 is 0 Å². The molecule has 0 saturated carbocycles. The van der Waals surface area contributed by atoms with Crippen LogP contribution < -0.4 is 10.6 Å². The van der Waals surface area contributed by atoms with Crippen molar-refractivity contribution in [3.05, 3.63) is 82.3 Å². The first-order chi connectivity index (χ1) is 15.2. The lowest BCUT2D eigenvalue weighted by atomic mass is 9.87. The summed E-state index contributed by atoms with van der Waals surface area (Å²) in [5.74, 6) is -0.249.